The number of alkyl halides is 1. The molecule has 0 radical (unpaired) electrons. The zero-order chi connectivity index (χ0) is 21.5. The highest BCUT2D eigenvalue weighted by Gasteiger charge is 2.41. The van der Waals surface area contributed by atoms with Crippen LogP contribution in [0, 0.1) is 0 Å². The smallest absolute Gasteiger partial charge is 0.147 e. The third-order valence-corrected chi connectivity index (χ3v) is 6.58. The molecule has 2 aliphatic heterocycles. The van der Waals surface area contributed by atoms with Gasteiger partial charge in [-0.15, -0.1) is 0 Å². The summed E-state index contributed by atoms with van der Waals surface area (Å²) in [6.07, 6.45) is 8.09. The fourth-order valence-corrected chi connectivity index (χ4v) is 4.84. The summed E-state index contributed by atoms with van der Waals surface area (Å²) >= 11 is 0. The van der Waals surface area contributed by atoms with Crippen molar-refractivity contribution in [3.05, 3.63) is 42.9 Å². The average Bonchev–Trinajstić information content (AvgIpc) is 3.22. The molecular formula is C23H27FN6O. The second kappa shape index (κ2) is 7.92. The van der Waals surface area contributed by atoms with Gasteiger partial charge < -0.3 is 15.3 Å². The summed E-state index contributed by atoms with van der Waals surface area (Å²) in [5.74, 6) is 0.759. The molecule has 162 valence electrons. The first-order chi connectivity index (χ1) is 15.0. The summed E-state index contributed by atoms with van der Waals surface area (Å²) in [6.45, 7) is 0. The Labute approximate surface area is 180 Å². The zero-order valence-corrected chi connectivity index (χ0v) is 17.7. The van der Waals surface area contributed by atoms with E-state index in [1.165, 1.54) is 0 Å². The lowest BCUT2D eigenvalue weighted by Gasteiger charge is -2.46. The minimum absolute atomic E-state index is 0.0678. The van der Waals surface area contributed by atoms with Crippen molar-refractivity contribution in [1.82, 2.24) is 25.1 Å². The van der Waals surface area contributed by atoms with E-state index in [0.29, 0.717) is 23.1 Å². The van der Waals surface area contributed by atoms with E-state index in [9.17, 15) is 5.11 Å². The monoisotopic (exact) mass is 422 g/mol. The highest BCUT2D eigenvalue weighted by atomic mass is 19.1. The number of hydrogen-bond donors (Lipinski definition) is 2. The predicted octanol–water partition coefficient (Wildman–Crippen LogP) is 3.31. The van der Waals surface area contributed by atoms with E-state index in [2.05, 4.69) is 20.4 Å². The quantitative estimate of drug-likeness (QED) is 0.672. The summed E-state index contributed by atoms with van der Waals surface area (Å²) in [6, 6.07) is 7.40. The zero-order valence-electron chi connectivity index (χ0n) is 17.7. The van der Waals surface area contributed by atoms with Crippen LogP contribution in [0.1, 0.15) is 25.7 Å². The minimum Gasteiger partial charge on any atom is -0.507 e. The summed E-state index contributed by atoms with van der Waals surface area (Å²) in [4.78, 5) is 11.0. The van der Waals surface area contributed by atoms with Gasteiger partial charge in [0.15, 0.2) is 0 Å². The fourth-order valence-electron chi connectivity index (χ4n) is 4.84. The molecule has 2 fully saturated rings. The predicted molar refractivity (Wildman–Crippen MR) is 118 cm³/mol. The van der Waals surface area contributed by atoms with E-state index < -0.39 is 6.17 Å². The van der Waals surface area contributed by atoms with Crippen LogP contribution in [0.15, 0.2) is 42.9 Å². The fraction of sp³-hybridized carbons (Fsp3) is 0.435. The number of phenolic OH excluding ortho intramolecular Hbond substituents is 1. The van der Waals surface area contributed by atoms with Gasteiger partial charge in [-0.25, -0.2) is 9.37 Å². The van der Waals surface area contributed by atoms with E-state index >= 15 is 4.39 Å². The molecule has 2 aromatic heterocycles. The number of rotatable bonds is 4. The number of fused-ring (bicyclic) bond motifs is 2. The third-order valence-electron chi connectivity index (χ3n) is 6.58. The topological polar surface area (TPSA) is 79.1 Å². The van der Waals surface area contributed by atoms with E-state index in [1.807, 2.05) is 43.4 Å². The van der Waals surface area contributed by atoms with Crippen LogP contribution in [-0.4, -0.2) is 56.2 Å². The number of nitrogens with one attached hydrogen (secondary N) is 1. The van der Waals surface area contributed by atoms with Crippen molar-refractivity contribution < 1.29 is 9.50 Å². The molecule has 1 aromatic carbocycles. The van der Waals surface area contributed by atoms with Gasteiger partial charge in [-0.1, -0.05) is 12.5 Å². The Bertz CT molecular complexity index is 1070. The standard InChI is InChI=1S/C23H27FN6O/c1-29-9-8-17(28-29)14-6-7-16(21(31)10-14)19-12-26-22(13-25-19)30(2)20-11-15-4-3-5-18(27-15)23(20)24/h6-10,12-13,15,18,20,23,27,31H,3-5,11H2,1-2H3/t15?,18?,20-,23+/m1/s1. The maximum absolute atomic E-state index is 15.0. The number of aryl methyl sites for hydroxylation is 1. The number of aromatic hydroxyl groups is 1. The van der Waals surface area contributed by atoms with Crippen molar-refractivity contribution in [2.45, 2.75) is 50.0 Å². The number of nitrogens with zero attached hydrogens (tertiary/aromatic N) is 5. The van der Waals surface area contributed by atoms with E-state index in [1.54, 1.807) is 23.1 Å². The SMILES string of the molecule is CN(c1cnc(-c2ccc(-c3ccn(C)n3)cc2O)cn1)[C@@H]1CC2CCCC(N2)[C@@H]1F. The molecule has 0 saturated carbocycles. The number of halogens is 1. The van der Waals surface area contributed by atoms with E-state index in [0.717, 1.165) is 36.9 Å². The van der Waals surface area contributed by atoms with Crippen LogP contribution in [0.4, 0.5) is 10.2 Å². The van der Waals surface area contributed by atoms with Crippen molar-refractivity contribution >= 4 is 5.82 Å². The van der Waals surface area contributed by atoms with Crippen molar-refractivity contribution in [3.8, 4) is 28.3 Å². The summed E-state index contributed by atoms with van der Waals surface area (Å²) in [5.41, 5.74) is 2.79. The molecule has 4 atom stereocenters. The molecule has 3 aromatic rings. The molecule has 2 aliphatic rings. The Kier molecular flexibility index (Phi) is 5.09. The van der Waals surface area contributed by atoms with Crippen molar-refractivity contribution in [2.75, 3.05) is 11.9 Å². The highest BCUT2D eigenvalue weighted by Crippen LogP contribution is 2.34. The molecule has 4 heterocycles. The minimum atomic E-state index is -0.925. The maximum Gasteiger partial charge on any atom is 0.147 e. The number of hydrogen-bond acceptors (Lipinski definition) is 6. The lowest BCUT2D eigenvalue weighted by molar-refractivity contribution is 0.107. The van der Waals surface area contributed by atoms with Crippen LogP contribution in [0.3, 0.4) is 0 Å². The van der Waals surface area contributed by atoms with Crippen LogP contribution in [0.5, 0.6) is 5.75 Å². The first-order valence-corrected chi connectivity index (χ1v) is 10.8. The average molecular weight is 423 g/mol. The van der Waals surface area contributed by atoms with Gasteiger partial charge in [-0.05, 0) is 37.5 Å². The molecule has 7 nitrogen and oxygen atoms in total. The van der Waals surface area contributed by atoms with Gasteiger partial charge in [0.05, 0.1) is 29.8 Å². The van der Waals surface area contributed by atoms with Gasteiger partial charge in [-0.2, -0.15) is 5.10 Å². The largest absolute Gasteiger partial charge is 0.507 e. The van der Waals surface area contributed by atoms with Crippen molar-refractivity contribution in [3.63, 3.8) is 0 Å². The molecule has 2 N–H and O–H groups in total. The second-order valence-electron chi connectivity index (χ2n) is 8.63. The molecular weight excluding hydrogens is 395 g/mol. The van der Waals surface area contributed by atoms with Gasteiger partial charge in [0.25, 0.3) is 0 Å². The van der Waals surface area contributed by atoms with Gasteiger partial charge in [0.2, 0.25) is 0 Å². The van der Waals surface area contributed by atoms with Crippen LogP contribution in [-0.2, 0) is 7.05 Å². The molecule has 2 bridgehead atoms. The summed E-state index contributed by atoms with van der Waals surface area (Å²) < 4.78 is 16.8. The molecule has 8 heteroatoms. The lowest BCUT2D eigenvalue weighted by Crippen LogP contribution is -2.61. The molecule has 2 saturated heterocycles. The van der Waals surface area contributed by atoms with E-state index in [4.69, 9.17) is 0 Å². The lowest BCUT2D eigenvalue weighted by atomic mass is 9.82. The van der Waals surface area contributed by atoms with Gasteiger partial charge in [-0.3, -0.25) is 9.67 Å². The van der Waals surface area contributed by atoms with Gasteiger partial charge >= 0.3 is 0 Å². The van der Waals surface area contributed by atoms with E-state index in [-0.39, 0.29) is 17.8 Å². The number of phenols is 1. The molecule has 31 heavy (non-hydrogen) atoms. The summed E-state index contributed by atoms with van der Waals surface area (Å²) in [7, 11) is 3.74. The molecule has 0 aliphatic carbocycles. The van der Waals surface area contributed by atoms with Crippen molar-refractivity contribution in [1.29, 1.82) is 0 Å². The molecule has 2 unspecified atom stereocenters. The Hall–Kier alpha value is -3.00. The Morgan fingerprint density at radius 1 is 1.16 bits per heavy atom. The molecule has 0 spiro atoms. The first kappa shape index (κ1) is 19.9. The first-order valence-electron chi connectivity index (χ1n) is 10.8. The number of anilines is 1. The molecule has 5 rings (SSSR count). The van der Waals surface area contributed by atoms with Crippen LogP contribution >= 0.6 is 0 Å². The molecule has 0 amide bonds. The Morgan fingerprint density at radius 3 is 2.74 bits per heavy atom. The van der Waals surface area contributed by atoms with Crippen molar-refractivity contribution in [2.24, 2.45) is 7.05 Å². The van der Waals surface area contributed by atoms with Gasteiger partial charge in [0, 0.05) is 43.5 Å². The normalized spacial score (nSPS) is 25.4. The number of benzene rings is 1. The Morgan fingerprint density at radius 2 is 2.03 bits per heavy atom. The number of aromatic nitrogens is 4. The van der Waals surface area contributed by atoms with Gasteiger partial charge in [0.1, 0.15) is 17.7 Å². The summed E-state index contributed by atoms with van der Waals surface area (Å²) in [5, 5.41) is 18.3. The van der Waals surface area contributed by atoms with Crippen LogP contribution in [0.25, 0.3) is 22.5 Å². The highest BCUT2D eigenvalue weighted by molar-refractivity contribution is 5.72. The Balaban J connectivity index is 1.35. The number of piperidine rings is 2. The van der Waals surface area contributed by atoms with Crippen LogP contribution < -0.4 is 10.2 Å². The third kappa shape index (κ3) is 3.76. The maximum atomic E-state index is 15.0. The van der Waals surface area contributed by atoms with Crippen LogP contribution in [0.2, 0.25) is 0 Å². The second-order valence-corrected chi connectivity index (χ2v) is 8.63.